The van der Waals surface area contributed by atoms with E-state index in [2.05, 4.69) is 64.7 Å². The van der Waals surface area contributed by atoms with Crippen molar-refractivity contribution in [1.29, 1.82) is 0 Å². The van der Waals surface area contributed by atoms with Crippen molar-refractivity contribution in [2.75, 3.05) is 7.11 Å². The Balaban J connectivity index is 1.43. The van der Waals surface area contributed by atoms with Crippen molar-refractivity contribution in [3.8, 4) is 5.75 Å². The number of methoxy groups -OCH3 is 1. The lowest BCUT2D eigenvalue weighted by Gasteiger charge is -2.18. The van der Waals surface area contributed by atoms with Gasteiger partial charge in [-0.3, -0.25) is 15.3 Å². The second-order valence-corrected chi connectivity index (χ2v) is 7.57. The topological polar surface area (TPSA) is 46.5 Å². The van der Waals surface area contributed by atoms with Crippen LogP contribution in [0.1, 0.15) is 24.1 Å². The molecule has 0 radical (unpaired) electrons. The van der Waals surface area contributed by atoms with Gasteiger partial charge >= 0.3 is 0 Å². The summed E-state index contributed by atoms with van der Waals surface area (Å²) in [4.78, 5) is 10.1. The van der Waals surface area contributed by atoms with Crippen LogP contribution in [0.2, 0.25) is 0 Å². The Hall–Kier alpha value is -2.63. The van der Waals surface area contributed by atoms with Gasteiger partial charge in [0.2, 0.25) is 0 Å². The van der Waals surface area contributed by atoms with Gasteiger partial charge in [0.15, 0.2) is 5.50 Å². The first-order chi connectivity index (χ1) is 13.2. The molecule has 2 heterocycles. The van der Waals surface area contributed by atoms with Crippen LogP contribution in [0.4, 0.5) is 0 Å². The molecule has 27 heavy (non-hydrogen) atoms. The molecule has 1 aliphatic rings. The van der Waals surface area contributed by atoms with Crippen LogP contribution in [0.15, 0.2) is 70.7 Å². The number of thioether (sulfide) groups is 1. The van der Waals surface area contributed by atoms with Crippen LogP contribution in [0.3, 0.4) is 0 Å². The molecule has 0 amide bonds. The van der Waals surface area contributed by atoms with Crippen molar-refractivity contribution in [2.24, 2.45) is 4.99 Å². The fraction of sp³-hybridized carbons (Fsp3) is 0.182. The lowest BCUT2D eigenvalue weighted by molar-refractivity contribution is 0.413. The second kappa shape index (κ2) is 7.94. The largest absolute Gasteiger partial charge is 0.497 e. The third kappa shape index (κ3) is 4.21. The maximum Gasteiger partial charge on any atom is 0.151 e. The Morgan fingerprint density at radius 2 is 2.07 bits per heavy atom. The summed E-state index contributed by atoms with van der Waals surface area (Å²) in [5, 5.41) is 4.70. The van der Waals surface area contributed by atoms with Gasteiger partial charge < -0.3 is 4.74 Å². The molecule has 4 rings (SSSR count). The van der Waals surface area contributed by atoms with E-state index < -0.39 is 0 Å². The van der Waals surface area contributed by atoms with E-state index in [0.29, 0.717) is 0 Å². The fourth-order valence-corrected chi connectivity index (χ4v) is 4.03. The Morgan fingerprint density at radius 1 is 1.15 bits per heavy atom. The van der Waals surface area contributed by atoms with Crippen LogP contribution < -0.4 is 10.1 Å². The summed E-state index contributed by atoms with van der Waals surface area (Å²) in [6.45, 7) is 2.14. The molecule has 0 spiro atoms. The molecular formula is C22H21N3OS. The SMILES string of the molecule is COc1cccc([C@H](C)NC2N=C/C(=C/c3ccc4ncccc4c3)S2)c1. The Kier molecular flexibility index (Phi) is 5.23. The highest BCUT2D eigenvalue weighted by molar-refractivity contribution is 8.04. The standard InChI is InChI=1S/C22H21N3OS/c1-15(17-5-3-7-19(13-17)26-2)25-22-24-14-20(27-22)12-16-8-9-21-18(11-16)6-4-10-23-21/h3-15,22,25H,1-2H3/b20-12-/t15-,22?/m0/s1. The Morgan fingerprint density at radius 3 is 2.96 bits per heavy atom. The maximum atomic E-state index is 5.31. The van der Waals surface area contributed by atoms with E-state index >= 15 is 0 Å². The maximum absolute atomic E-state index is 5.31. The molecule has 0 bridgehead atoms. The molecule has 1 aliphatic heterocycles. The summed E-state index contributed by atoms with van der Waals surface area (Å²) < 4.78 is 5.31. The average Bonchev–Trinajstić information content (AvgIpc) is 3.14. The van der Waals surface area contributed by atoms with Crippen molar-refractivity contribution < 1.29 is 4.74 Å². The smallest absolute Gasteiger partial charge is 0.151 e. The molecule has 4 nitrogen and oxygen atoms in total. The summed E-state index contributed by atoms with van der Waals surface area (Å²) in [5.74, 6) is 0.870. The zero-order valence-corrected chi connectivity index (χ0v) is 16.1. The predicted octanol–water partition coefficient (Wildman–Crippen LogP) is 5.04. The molecular weight excluding hydrogens is 354 g/mol. The third-order valence-corrected chi connectivity index (χ3v) is 5.48. The summed E-state index contributed by atoms with van der Waals surface area (Å²) in [6, 6.07) is 18.7. The number of fused-ring (bicyclic) bond motifs is 1. The lowest BCUT2D eigenvalue weighted by Crippen LogP contribution is -2.25. The van der Waals surface area contributed by atoms with E-state index in [0.717, 1.165) is 27.1 Å². The predicted molar refractivity (Wildman–Crippen MR) is 114 cm³/mol. The summed E-state index contributed by atoms with van der Waals surface area (Å²) in [7, 11) is 1.69. The first-order valence-electron chi connectivity index (χ1n) is 8.87. The monoisotopic (exact) mass is 375 g/mol. The molecule has 0 aliphatic carbocycles. The van der Waals surface area contributed by atoms with Gasteiger partial charge in [-0.05, 0) is 54.5 Å². The molecule has 2 atom stereocenters. The summed E-state index contributed by atoms with van der Waals surface area (Å²) >= 11 is 1.72. The number of pyridine rings is 1. The van der Waals surface area contributed by atoms with Gasteiger partial charge in [-0.25, -0.2) is 0 Å². The van der Waals surface area contributed by atoms with Crippen molar-refractivity contribution in [3.05, 3.63) is 76.8 Å². The number of nitrogens with zero attached hydrogens (tertiary/aromatic N) is 2. The minimum Gasteiger partial charge on any atom is -0.497 e. The molecule has 2 aromatic carbocycles. The van der Waals surface area contributed by atoms with Crippen LogP contribution in [-0.2, 0) is 0 Å². The average molecular weight is 375 g/mol. The first kappa shape index (κ1) is 17.8. The fourth-order valence-electron chi connectivity index (χ4n) is 3.05. The molecule has 1 N–H and O–H groups in total. The third-order valence-electron chi connectivity index (χ3n) is 4.51. The number of aliphatic imine (C=N–C) groups is 1. The Bertz CT molecular complexity index is 1020. The van der Waals surface area contributed by atoms with Crippen molar-refractivity contribution in [1.82, 2.24) is 10.3 Å². The van der Waals surface area contributed by atoms with Gasteiger partial charge in [0.1, 0.15) is 5.75 Å². The van der Waals surface area contributed by atoms with Crippen molar-refractivity contribution >= 4 is 35.0 Å². The van der Waals surface area contributed by atoms with Gasteiger partial charge in [0.05, 0.1) is 12.6 Å². The number of ether oxygens (including phenoxy) is 1. The van der Waals surface area contributed by atoms with E-state index in [4.69, 9.17) is 4.74 Å². The number of hydrogen-bond donors (Lipinski definition) is 1. The van der Waals surface area contributed by atoms with E-state index in [1.807, 2.05) is 30.6 Å². The molecule has 3 aromatic rings. The van der Waals surface area contributed by atoms with Gasteiger partial charge in [0, 0.05) is 28.7 Å². The molecule has 0 saturated carbocycles. The highest BCUT2D eigenvalue weighted by atomic mass is 32.2. The number of allylic oxidation sites excluding steroid dienone is 1. The zero-order chi connectivity index (χ0) is 18.6. The van der Waals surface area contributed by atoms with Crippen LogP contribution >= 0.6 is 11.8 Å². The summed E-state index contributed by atoms with van der Waals surface area (Å²) in [5.41, 5.74) is 3.37. The molecule has 1 unspecified atom stereocenters. The van der Waals surface area contributed by atoms with Crippen LogP contribution in [0, 0.1) is 0 Å². The Labute approximate surface area is 163 Å². The van der Waals surface area contributed by atoms with Gasteiger partial charge in [-0.2, -0.15) is 0 Å². The highest BCUT2D eigenvalue weighted by Crippen LogP contribution is 2.30. The van der Waals surface area contributed by atoms with Crippen LogP contribution in [0.25, 0.3) is 17.0 Å². The molecule has 136 valence electrons. The number of aromatic nitrogens is 1. The number of rotatable bonds is 5. The number of benzene rings is 2. The zero-order valence-electron chi connectivity index (χ0n) is 15.3. The first-order valence-corrected chi connectivity index (χ1v) is 9.75. The molecule has 0 fully saturated rings. The normalized spacial score (nSPS) is 18.9. The number of hydrogen-bond acceptors (Lipinski definition) is 5. The van der Waals surface area contributed by atoms with Crippen LogP contribution in [-0.4, -0.2) is 23.8 Å². The van der Waals surface area contributed by atoms with Crippen molar-refractivity contribution in [2.45, 2.75) is 18.5 Å². The van der Waals surface area contributed by atoms with E-state index in [9.17, 15) is 0 Å². The van der Waals surface area contributed by atoms with Crippen LogP contribution in [0.5, 0.6) is 5.75 Å². The molecule has 0 saturated heterocycles. The molecule has 5 heteroatoms. The highest BCUT2D eigenvalue weighted by Gasteiger charge is 2.18. The van der Waals surface area contributed by atoms with Gasteiger partial charge in [-0.15, -0.1) is 0 Å². The van der Waals surface area contributed by atoms with Crippen molar-refractivity contribution in [3.63, 3.8) is 0 Å². The minimum atomic E-state index is 0.0135. The van der Waals surface area contributed by atoms with E-state index in [1.165, 1.54) is 5.56 Å². The lowest BCUT2D eigenvalue weighted by atomic mass is 10.1. The van der Waals surface area contributed by atoms with E-state index in [-0.39, 0.29) is 11.5 Å². The minimum absolute atomic E-state index is 0.0135. The number of nitrogens with one attached hydrogen (secondary N) is 1. The molecule has 1 aromatic heterocycles. The summed E-state index contributed by atoms with van der Waals surface area (Å²) in [6.07, 6.45) is 5.92. The van der Waals surface area contributed by atoms with Gasteiger partial charge in [0.25, 0.3) is 0 Å². The van der Waals surface area contributed by atoms with Gasteiger partial charge in [-0.1, -0.05) is 36.0 Å². The second-order valence-electron chi connectivity index (χ2n) is 6.42. The van der Waals surface area contributed by atoms with E-state index in [1.54, 1.807) is 18.9 Å². The quantitative estimate of drug-likeness (QED) is 0.679.